The number of carbonyl (C=O) groups is 1. The van der Waals surface area contributed by atoms with Gasteiger partial charge >= 0.3 is 5.97 Å². The fourth-order valence-electron chi connectivity index (χ4n) is 3.23. The lowest BCUT2D eigenvalue weighted by atomic mass is 9.79. The number of benzene rings is 2. The quantitative estimate of drug-likeness (QED) is 0.901. The van der Waals surface area contributed by atoms with Crippen molar-refractivity contribution in [1.29, 1.82) is 0 Å². The van der Waals surface area contributed by atoms with Crippen molar-refractivity contribution in [3.05, 3.63) is 65.7 Å². The number of hydrogen-bond donors (Lipinski definition) is 1. The van der Waals surface area contributed by atoms with Gasteiger partial charge in [-0.05, 0) is 36.1 Å². The normalized spacial score (nSPS) is 16.4. The van der Waals surface area contributed by atoms with E-state index in [1.54, 1.807) is 0 Å². The van der Waals surface area contributed by atoms with Gasteiger partial charge in [-0.25, -0.2) is 0 Å². The van der Waals surface area contributed by atoms with Gasteiger partial charge in [-0.3, -0.25) is 4.79 Å². The number of carboxylic acid groups (broad SMARTS) is 1. The van der Waals surface area contributed by atoms with Gasteiger partial charge < -0.3 is 9.84 Å². The molecule has 0 heterocycles. The first-order chi connectivity index (χ1) is 10.7. The van der Waals surface area contributed by atoms with Crippen molar-refractivity contribution in [2.75, 3.05) is 0 Å². The molecule has 22 heavy (non-hydrogen) atoms. The smallest absolute Gasteiger partial charge is 0.314 e. The Morgan fingerprint density at radius 3 is 2.45 bits per heavy atom. The third kappa shape index (κ3) is 2.84. The van der Waals surface area contributed by atoms with Crippen LogP contribution in [-0.2, 0) is 16.8 Å². The van der Waals surface area contributed by atoms with Gasteiger partial charge in [-0.15, -0.1) is 0 Å². The Kier molecular flexibility index (Phi) is 4.14. The summed E-state index contributed by atoms with van der Waals surface area (Å²) >= 11 is 0. The maximum atomic E-state index is 11.8. The molecule has 0 aromatic heterocycles. The molecule has 0 aliphatic heterocycles. The van der Waals surface area contributed by atoms with Gasteiger partial charge in [0.15, 0.2) is 0 Å². The predicted octanol–water partition coefficient (Wildman–Crippen LogP) is 4.16. The molecule has 1 aliphatic rings. The zero-order valence-electron chi connectivity index (χ0n) is 12.5. The highest BCUT2D eigenvalue weighted by Gasteiger charge is 2.42. The fourth-order valence-corrected chi connectivity index (χ4v) is 3.23. The fraction of sp³-hybridized carbons (Fsp3) is 0.316. The lowest BCUT2D eigenvalue weighted by Crippen LogP contribution is -2.32. The van der Waals surface area contributed by atoms with E-state index in [9.17, 15) is 9.90 Å². The third-order valence-electron chi connectivity index (χ3n) is 4.50. The SMILES string of the molecule is O=C(O)C1(c2cccc(OCc3ccccc3)c2)CCCC1. The zero-order valence-corrected chi connectivity index (χ0v) is 12.5. The van der Waals surface area contributed by atoms with Gasteiger partial charge in [0, 0.05) is 0 Å². The predicted molar refractivity (Wildman–Crippen MR) is 85.0 cm³/mol. The Labute approximate surface area is 130 Å². The summed E-state index contributed by atoms with van der Waals surface area (Å²) in [6, 6.07) is 17.5. The molecule has 3 heteroatoms. The minimum absolute atomic E-state index is 0.490. The topological polar surface area (TPSA) is 46.5 Å². The Morgan fingerprint density at radius 1 is 1.05 bits per heavy atom. The molecule has 1 N–H and O–H groups in total. The largest absolute Gasteiger partial charge is 0.489 e. The van der Waals surface area contributed by atoms with Crippen LogP contribution in [0.4, 0.5) is 0 Å². The van der Waals surface area contributed by atoms with E-state index >= 15 is 0 Å². The minimum atomic E-state index is -0.730. The summed E-state index contributed by atoms with van der Waals surface area (Å²) in [5, 5.41) is 9.68. The molecule has 2 aromatic rings. The van der Waals surface area contributed by atoms with Crippen LogP contribution >= 0.6 is 0 Å². The second-order valence-electron chi connectivity index (χ2n) is 5.90. The van der Waals surface area contributed by atoms with Crippen molar-refractivity contribution in [2.24, 2.45) is 0 Å². The molecule has 3 nitrogen and oxygen atoms in total. The van der Waals surface area contributed by atoms with Crippen molar-refractivity contribution in [2.45, 2.75) is 37.7 Å². The van der Waals surface area contributed by atoms with Crippen molar-refractivity contribution in [3.8, 4) is 5.75 Å². The van der Waals surface area contributed by atoms with Gasteiger partial charge in [0.1, 0.15) is 12.4 Å². The van der Waals surface area contributed by atoms with E-state index in [1.807, 2.05) is 54.6 Å². The van der Waals surface area contributed by atoms with Gasteiger partial charge in [-0.1, -0.05) is 55.3 Å². The van der Waals surface area contributed by atoms with Crippen LogP contribution in [0.5, 0.6) is 5.75 Å². The van der Waals surface area contributed by atoms with E-state index in [-0.39, 0.29) is 0 Å². The highest BCUT2D eigenvalue weighted by Crippen LogP contribution is 2.42. The molecule has 1 aliphatic carbocycles. The third-order valence-corrected chi connectivity index (χ3v) is 4.50. The average Bonchev–Trinajstić information content (AvgIpc) is 3.05. The molecule has 0 radical (unpaired) electrons. The van der Waals surface area contributed by atoms with Crippen LogP contribution in [-0.4, -0.2) is 11.1 Å². The number of carboxylic acids is 1. The monoisotopic (exact) mass is 296 g/mol. The Hall–Kier alpha value is -2.29. The summed E-state index contributed by atoms with van der Waals surface area (Å²) in [6.07, 6.45) is 3.37. The lowest BCUT2D eigenvalue weighted by Gasteiger charge is -2.24. The zero-order chi connectivity index (χ0) is 15.4. The molecule has 0 bridgehead atoms. The summed E-state index contributed by atoms with van der Waals surface area (Å²) < 4.78 is 5.82. The number of ether oxygens (including phenoxy) is 1. The van der Waals surface area contributed by atoms with Crippen LogP contribution < -0.4 is 4.74 Å². The molecule has 3 rings (SSSR count). The van der Waals surface area contributed by atoms with E-state index in [0.717, 1.165) is 29.7 Å². The molecule has 1 saturated carbocycles. The summed E-state index contributed by atoms with van der Waals surface area (Å²) in [6.45, 7) is 0.490. The molecule has 2 aromatic carbocycles. The average molecular weight is 296 g/mol. The van der Waals surface area contributed by atoms with Gasteiger partial charge in [0.25, 0.3) is 0 Å². The van der Waals surface area contributed by atoms with Crippen LogP contribution in [0.25, 0.3) is 0 Å². The van der Waals surface area contributed by atoms with Crippen LogP contribution in [0.1, 0.15) is 36.8 Å². The molecule has 0 spiro atoms. The first-order valence-electron chi connectivity index (χ1n) is 7.71. The second kappa shape index (κ2) is 6.22. The highest BCUT2D eigenvalue weighted by atomic mass is 16.5. The van der Waals surface area contributed by atoms with E-state index in [2.05, 4.69) is 0 Å². The maximum Gasteiger partial charge on any atom is 0.314 e. The Bertz CT molecular complexity index is 643. The summed E-state index contributed by atoms with van der Waals surface area (Å²) in [5.41, 5.74) is 1.23. The number of aliphatic carboxylic acids is 1. The first kappa shape index (κ1) is 14.6. The van der Waals surface area contributed by atoms with Crippen LogP contribution in [0.15, 0.2) is 54.6 Å². The first-order valence-corrected chi connectivity index (χ1v) is 7.71. The van der Waals surface area contributed by atoms with Gasteiger partial charge in [0.05, 0.1) is 5.41 Å². The van der Waals surface area contributed by atoms with E-state index in [4.69, 9.17) is 4.74 Å². The summed E-state index contributed by atoms with van der Waals surface area (Å²) in [4.78, 5) is 11.8. The molecule has 1 fully saturated rings. The van der Waals surface area contributed by atoms with Crippen LogP contribution in [0.2, 0.25) is 0 Å². The van der Waals surface area contributed by atoms with E-state index in [0.29, 0.717) is 19.4 Å². The maximum absolute atomic E-state index is 11.8. The van der Waals surface area contributed by atoms with Crippen molar-refractivity contribution >= 4 is 5.97 Å². The van der Waals surface area contributed by atoms with Crippen molar-refractivity contribution < 1.29 is 14.6 Å². The molecule has 0 saturated heterocycles. The Balaban J connectivity index is 1.79. The van der Waals surface area contributed by atoms with E-state index in [1.165, 1.54) is 0 Å². The summed E-state index contributed by atoms with van der Waals surface area (Å²) in [7, 11) is 0. The minimum Gasteiger partial charge on any atom is -0.489 e. The number of rotatable bonds is 5. The molecule has 0 unspecified atom stereocenters. The van der Waals surface area contributed by atoms with Gasteiger partial charge in [-0.2, -0.15) is 0 Å². The number of hydrogen-bond acceptors (Lipinski definition) is 2. The van der Waals surface area contributed by atoms with Gasteiger partial charge in [0.2, 0.25) is 0 Å². The molecule has 114 valence electrons. The molecule has 0 amide bonds. The highest BCUT2D eigenvalue weighted by molar-refractivity contribution is 5.82. The van der Waals surface area contributed by atoms with Crippen molar-refractivity contribution in [3.63, 3.8) is 0 Å². The molecular formula is C19H20O3. The van der Waals surface area contributed by atoms with Crippen molar-refractivity contribution in [1.82, 2.24) is 0 Å². The van der Waals surface area contributed by atoms with E-state index < -0.39 is 11.4 Å². The Morgan fingerprint density at radius 2 is 1.77 bits per heavy atom. The van der Waals surface area contributed by atoms with Crippen LogP contribution in [0, 0.1) is 0 Å². The molecule has 0 atom stereocenters. The standard InChI is InChI=1S/C19H20O3/c20-18(21)19(11-4-5-12-19)16-9-6-10-17(13-16)22-14-15-7-2-1-3-8-15/h1-3,6-10,13H,4-5,11-12,14H2,(H,20,21). The summed E-state index contributed by atoms with van der Waals surface area (Å²) in [5.74, 6) is 0.0130. The molecular weight excluding hydrogens is 276 g/mol. The second-order valence-corrected chi connectivity index (χ2v) is 5.90. The lowest BCUT2D eigenvalue weighted by molar-refractivity contribution is -0.143. The van der Waals surface area contributed by atoms with Crippen LogP contribution in [0.3, 0.4) is 0 Å².